The molecular formula is C28H29N3O8S. The molecule has 0 aliphatic carbocycles. The second kappa shape index (κ2) is 15.2. The van der Waals surface area contributed by atoms with Gasteiger partial charge in [0, 0.05) is 17.5 Å². The van der Waals surface area contributed by atoms with Crippen LogP contribution in [0, 0.1) is 10.1 Å². The molecule has 0 heterocycles. The van der Waals surface area contributed by atoms with E-state index in [1.807, 2.05) is 48.5 Å². The van der Waals surface area contributed by atoms with Crippen LogP contribution in [-0.2, 0) is 27.2 Å². The molecule has 0 radical (unpaired) electrons. The van der Waals surface area contributed by atoms with E-state index in [0.717, 1.165) is 36.3 Å². The highest BCUT2D eigenvalue weighted by Crippen LogP contribution is 2.30. The zero-order valence-corrected chi connectivity index (χ0v) is 22.2. The van der Waals surface area contributed by atoms with Gasteiger partial charge in [-0.1, -0.05) is 54.6 Å². The number of carbonyl (C=O) groups excluding carboxylic acids is 1. The van der Waals surface area contributed by atoms with E-state index in [-0.39, 0.29) is 12.3 Å². The summed E-state index contributed by atoms with van der Waals surface area (Å²) in [4.78, 5) is 47.2. The summed E-state index contributed by atoms with van der Waals surface area (Å²) in [7, 11) is 0. The number of rotatable bonds is 16. The van der Waals surface area contributed by atoms with Gasteiger partial charge in [0.15, 0.2) is 5.75 Å². The molecule has 0 aliphatic rings. The van der Waals surface area contributed by atoms with Crippen molar-refractivity contribution in [3.63, 3.8) is 0 Å². The van der Waals surface area contributed by atoms with Gasteiger partial charge in [0.05, 0.1) is 4.92 Å². The highest BCUT2D eigenvalue weighted by Gasteiger charge is 2.31. The van der Waals surface area contributed by atoms with Gasteiger partial charge in [0.2, 0.25) is 5.91 Å². The highest BCUT2D eigenvalue weighted by molar-refractivity contribution is 7.97. The maximum atomic E-state index is 13.1. The normalized spacial score (nSPS) is 11.5. The molecule has 0 saturated heterocycles. The van der Waals surface area contributed by atoms with Crippen LogP contribution in [0.5, 0.6) is 5.75 Å². The number of benzene rings is 3. The van der Waals surface area contributed by atoms with Crippen LogP contribution in [0.1, 0.15) is 24.0 Å². The van der Waals surface area contributed by atoms with E-state index >= 15 is 0 Å². The van der Waals surface area contributed by atoms with Crippen LogP contribution in [0.3, 0.4) is 0 Å². The van der Waals surface area contributed by atoms with Crippen LogP contribution in [0.25, 0.3) is 0 Å². The standard InChI is InChI=1S/C28H29N3O8S/c32-26(29-16-8-7-11-19-9-3-1-4-10-19)22(30-40-21-12-5-2-6-13-21)17-20-14-15-24(23(18-20)31(37)38)39-25(27(33)34)28(35)36/h1-6,9-10,12-15,18,22,25,30H,7-8,11,16-17H2,(H,29,32)(H,33,34)(H,35,36)/t22-/m0/s1. The number of carbonyl (C=O) groups is 3. The molecule has 12 heteroatoms. The second-order valence-electron chi connectivity index (χ2n) is 8.76. The van der Waals surface area contributed by atoms with Crippen LogP contribution in [-0.4, -0.2) is 51.7 Å². The Labute approximate surface area is 234 Å². The molecule has 0 spiro atoms. The Kier molecular flexibility index (Phi) is 11.5. The summed E-state index contributed by atoms with van der Waals surface area (Å²) in [5.74, 6) is -4.39. The molecule has 210 valence electrons. The number of aliphatic carboxylic acids is 2. The Bertz CT molecular complexity index is 1290. The SMILES string of the molecule is O=C(O)C(Oc1ccc(C[C@H](NSc2ccccc2)C(=O)NCCCCc2ccccc2)cc1[N+](=O)[O-])C(=O)O. The van der Waals surface area contributed by atoms with E-state index in [9.17, 15) is 24.5 Å². The first-order valence-corrected chi connectivity index (χ1v) is 13.2. The first-order chi connectivity index (χ1) is 19.2. The van der Waals surface area contributed by atoms with Crippen molar-refractivity contribution in [3.05, 3.63) is 100 Å². The Morgan fingerprint density at radius 2 is 1.55 bits per heavy atom. The molecule has 0 unspecified atom stereocenters. The molecule has 3 aromatic carbocycles. The maximum Gasteiger partial charge on any atom is 0.356 e. The van der Waals surface area contributed by atoms with Crippen molar-refractivity contribution < 1.29 is 34.3 Å². The number of nitrogens with zero attached hydrogens (tertiary/aromatic N) is 1. The summed E-state index contributed by atoms with van der Waals surface area (Å²) < 4.78 is 8.04. The summed E-state index contributed by atoms with van der Waals surface area (Å²) in [6.45, 7) is 0.457. The van der Waals surface area contributed by atoms with Gasteiger partial charge in [-0.15, -0.1) is 0 Å². The number of unbranched alkanes of at least 4 members (excludes halogenated alkanes) is 1. The molecule has 0 saturated carbocycles. The number of nitro groups is 1. The topological polar surface area (TPSA) is 168 Å². The molecule has 3 aromatic rings. The third kappa shape index (κ3) is 9.40. The fourth-order valence-electron chi connectivity index (χ4n) is 3.75. The minimum absolute atomic E-state index is 0.0676. The molecule has 4 N–H and O–H groups in total. The first kappa shape index (κ1) is 30.1. The molecule has 0 bridgehead atoms. The summed E-state index contributed by atoms with van der Waals surface area (Å²) in [5.41, 5.74) is 1.01. The third-order valence-electron chi connectivity index (χ3n) is 5.77. The largest absolute Gasteiger partial charge is 0.478 e. The highest BCUT2D eigenvalue weighted by atomic mass is 32.2. The predicted molar refractivity (Wildman–Crippen MR) is 148 cm³/mol. The van der Waals surface area contributed by atoms with Crippen molar-refractivity contribution in [2.24, 2.45) is 0 Å². The van der Waals surface area contributed by atoms with Crippen molar-refractivity contribution in [3.8, 4) is 5.75 Å². The van der Waals surface area contributed by atoms with E-state index in [1.54, 1.807) is 0 Å². The number of carboxylic acids is 2. The Balaban J connectivity index is 1.69. The Morgan fingerprint density at radius 1 is 0.900 bits per heavy atom. The number of hydrogen-bond donors (Lipinski definition) is 4. The lowest BCUT2D eigenvalue weighted by molar-refractivity contribution is -0.386. The van der Waals surface area contributed by atoms with Crippen LogP contribution in [0.4, 0.5) is 5.69 Å². The van der Waals surface area contributed by atoms with Crippen molar-refractivity contribution in [1.82, 2.24) is 10.0 Å². The summed E-state index contributed by atoms with van der Waals surface area (Å²) >= 11 is 1.25. The van der Waals surface area contributed by atoms with Gasteiger partial charge in [0.25, 0.3) is 6.10 Å². The van der Waals surface area contributed by atoms with E-state index < -0.39 is 40.4 Å². The lowest BCUT2D eigenvalue weighted by Crippen LogP contribution is -2.43. The minimum atomic E-state index is -2.31. The van der Waals surface area contributed by atoms with Gasteiger partial charge in [-0.25, -0.2) is 14.3 Å². The lowest BCUT2D eigenvalue weighted by Gasteiger charge is -2.19. The molecular weight excluding hydrogens is 538 g/mol. The van der Waals surface area contributed by atoms with Crippen molar-refractivity contribution in [2.75, 3.05) is 6.54 Å². The number of hydrogen-bond acceptors (Lipinski definition) is 8. The second-order valence-corrected chi connectivity index (χ2v) is 9.67. The Hall–Kier alpha value is -4.42. The van der Waals surface area contributed by atoms with Gasteiger partial charge in [-0.3, -0.25) is 14.9 Å². The van der Waals surface area contributed by atoms with Crippen molar-refractivity contribution in [2.45, 2.75) is 42.7 Å². The van der Waals surface area contributed by atoms with Gasteiger partial charge in [0.1, 0.15) is 6.04 Å². The van der Waals surface area contributed by atoms with Gasteiger partial charge < -0.3 is 20.3 Å². The number of nitro benzene ring substituents is 1. The summed E-state index contributed by atoms with van der Waals surface area (Å²) in [5, 5.41) is 32.7. The monoisotopic (exact) mass is 567 g/mol. The predicted octanol–water partition coefficient (Wildman–Crippen LogP) is 3.86. The van der Waals surface area contributed by atoms with Gasteiger partial charge >= 0.3 is 17.6 Å². The smallest absolute Gasteiger partial charge is 0.356 e. The quantitative estimate of drug-likeness (QED) is 0.0656. The average Bonchev–Trinajstić information content (AvgIpc) is 2.94. The van der Waals surface area contributed by atoms with E-state index in [1.165, 1.54) is 23.6 Å². The van der Waals surface area contributed by atoms with E-state index in [4.69, 9.17) is 14.9 Å². The van der Waals surface area contributed by atoms with Crippen LogP contribution in [0.2, 0.25) is 0 Å². The molecule has 40 heavy (non-hydrogen) atoms. The summed E-state index contributed by atoms with van der Waals surface area (Å²) in [6, 6.07) is 22.3. The zero-order valence-electron chi connectivity index (χ0n) is 21.4. The maximum absolute atomic E-state index is 13.1. The number of carboxylic acid groups (broad SMARTS) is 2. The molecule has 0 fully saturated rings. The van der Waals surface area contributed by atoms with Gasteiger partial charge in [-0.05, 0) is 67.0 Å². The first-order valence-electron chi connectivity index (χ1n) is 12.4. The average molecular weight is 568 g/mol. The zero-order chi connectivity index (χ0) is 28.9. The molecule has 0 aliphatic heterocycles. The lowest BCUT2D eigenvalue weighted by atomic mass is 10.0. The number of amides is 1. The van der Waals surface area contributed by atoms with Crippen molar-refractivity contribution in [1.29, 1.82) is 0 Å². The van der Waals surface area contributed by atoms with Gasteiger partial charge in [-0.2, -0.15) is 0 Å². The van der Waals surface area contributed by atoms with E-state index in [2.05, 4.69) is 22.2 Å². The number of aryl methyl sites for hydroxylation is 1. The number of ether oxygens (including phenoxy) is 1. The van der Waals surface area contributed by atoms with Crippen LogP contribution in [0.15, 0.2) is 83.8 Å². The fraction of sp³-hybridized carbons (Fsp3) is 0.250. The number of nitrogens with one attached hydrogen (secondary N) is 2. The third-order valence-corrected chi connectivity index (χ3v) is 6.68. The molecule has 11 nitrogen and oxygen atoms in total. The molecule has 1 amide bonds. The van der Waals surface area contributed by atoms with Crippen molar-refractivity contribution >= 4 is 35.5 Å². The van der Waals surface area contributed by atoms with Crippen LogP contribution < -0.4 is 14.8 Å². The minimum Gasteiger partial charge on any atom is -0.478 e. The molecule has 3 rings (SSSR count). The molecule has 1 atom stereocenters. The summed E-state index contributed by atoms with van der Waals surface area (Å²) in [6.07, 6.45) is 0.310. The van der Waals surface area contributed by atoms with E-state index in [0.29, 0.717) is 12.1 Å². The Morgan fingerprint density at radius 3 is 2.17 bits per heavy atom. The molecule has 0 aromatic heterocycles. The van der Waals surface area contributed by atoms with Crippen LogP contribution >= 0.6 is 11.9 Å². The fourth-order valence-corrected chi connectivity index (χ4v) is 4.51.